The summed E-state index contributed by atoms with van der Waals surface area (Å²) in [6.45, 7) is 3.05. The Morgan fingerprint density at radius 1 is 1.14 bits per heavy atom. The van der Waals surface area contributed by atoms with Gasteiger partial charge in [0, 0.05) is 25.2 Å². The van der Waals surface area contributed by atoms with E-state index in [9.17, 15) is 0 Å². The fourth-order valence-corrected chi connectivity index (χ4v) is 3.58. The summed E-state index contributed by atoms with van der Waals surface area (Å²) in [6.07, 6.45) is 9.05. The highest BCUT2D eigenvalue weighted by Crippen LogP contribution is 2.27. The van der Waals surface area contributed by atoms with Crippen molar-refractivity contribution in [3.05, 3.63) is 66.5 Å². The van der Waals surface area contributed by atoms with Crippen LogP contribution in [0.1, 0.15) is 30.0 Å². The topological polar surface area (TPSA) is 76.1 Å². The Balaban J connectivity index is 1.41. The first-order valence-electron chi connectivity index (χ1n) is 9.50. The minimum Gasteiger partial charge on any atom is -0.497 e. The molecule has 2 aromatic heterocycles. The molecule has 28 heavy (non-hydrogen) atoms. The molecule has 0 saturated carbocycles. The Labute approximate surface area is 164 Å². The van der Waals surface area contributed by atoms with E-state index in [1.807, 2.05) is 24.4 Å². The van der Waals surface area contributed by atoms with Crippen molar-refractivity contribution in [3.63, 3.8) is 0 Å². The summed E-state index contributed by atoms with van der Waals surface area (Å²) < 4.78 is 5.25. The lowest BCUT2D eigenvalue weighted by Crippen LogP contribution is -2.34. The molecule has 1 aromatic carbocycles. The molecule has 0 radical (unpaired) electrons. The van der Waals surface area contributed by atoms with Crippen LogP contribution in [0, 0.1) is 0 Å². The maximum atomic E-state index is 5.25. The molecule has 0 amide bonds. The molecule has 1 fully saturated rings. The lowest BCUT2D eigenvalue weighted by atomic mass is 9.94. The van der Waals surface area contributed by atoms with Gasteiger partial charge < -0.3 is 10.1 Å². The average Bonchev–Trinajstić information content (AvgIpc) is 2.75. The highest BCUT2D eigenvalue weighted by molar-refractivity contribution is 5.49. The number of methoxy groups -OCH3 is 1. The van der Waals surface area contributed by atoms with Crippen molar-refractivity contribution in [1.29, 1.82) is 0 Å². The molecule has 1 aliphatic heterocycles. The number of piperidine rings is 1. The van der Waals surface area contributed by atoms with Crippen molar-refractivity contribution in [1.82, 2.24) is 24.8 Å². The average molecular weight is 376 g/mol. The van der Waals surface area contributed by atoms with Gasteiger partial charge in [0.2, 0.25) is 5.95 Å². The van der Waals surface area contributed by atoms with Gasteiger partial charge in [0.15, 0.2) is 0 Å². The zero-order valence-electron chi connectivity index (χ0n) is 16.0. The molecule has 1 aliphatic rings. The molecule has 7 nitrogen and oxygen atoms in total. The summed E-state index contributed by atoms with van der Waals surface area (Å²) in [6, 6.07) is 10.3. The minimum atomic E-state index is 0.405. The van der Waals surface area contributed by atoms with E-state index in [2.05, 4.69) is 37.3 Å². The van der Waals surface area contributed by atoms with Crippen LogP contribution in [0.25, 0.3) is 0 Å². The van der Waals surface area contributed by atoms with Crippen molar-refractivity contribution in [3.8, 4) is 5.75 Å². The van der Waals surface area contributed by atoms with Gasteiger partial charge in [0.1, 0.15) is 12.1 Å². The van der Waals surface area contributed by atoms with E-state index in [0.29, 0.717) is 11.9 Å². The van der Waals surface area contributed by atoms with E-state index < -0.39 is 0 Å². The van der Waals surface area contributed by atoms with Crippen LogP contribution in [0.3, 0.4) is 0 Å². The number of benzene rings is 1. The second kappa shape index (κ2) is 8.75. The van der Waals surface area contributed by atoms with E-state index in [1.54, 1.807) is 19.5 Å². The largest absolute Gasteiger partial charge is 0.497 e. The molecule has 4 rings (SSSR count). The van der Waals surface area contributed by atoms with Gasteiger partial charge in [-0.05, 0) is 43.1 Å². The van der Waals surface area contributed by atoms with Crippen molar-refractivity contribution in [2.24, 2.45) is 0 Å². The van der Waals surface area contributed by atoms with Gasteiger partial charge in [-0.1, -0.05) is 12.1 Å². The fourth-order valence-electron chi connectivity index (χ4n) is 3.58. The second-order valence-corrected chi connectivity index (χ2v) is 6.98. The van der Waals surface area contributed by atoms with Crippen LogP contribution in [0.15, 0.2) is 55.2 Å². The summed E-state index contributed by atoms with van der Waals surface area (Å²) in [7, 11) is 1.69. The van der Waals surface area contributed by atoms with Crippen LogP contribution in [0.2, 0.25) is 0 Å². The summed E-state index contributed by atoms with van der Waals surface area (Å²) in [4.78, 5) is 19.6. The van der Waals surface area contributed by atoms with Crippen LogP contribution in [0.4, 0.5) is 11.6 Å². The summed E-state index contributed by atoms with van der Waals surface area (Å²) in [5, 5.41) is 3.17. The number of hydrogen-bond donors (Lipinski definition) is 1. The first-order chi connectivity index (χ1) is 13.8. The minimum absolute atomic E-state index is 0.405. The van der Waals surface area contributed by atoms with Crippen molar-refractivity contribution >= 4 is 11.6 Å². The molecule has 3 heterocycles. The SMILES string of the molecule is COc1ccc(CN2CCC[C@H](c3ccnc(Nc4cncnc4)n3)C2)cc1. The molecular formula is C21H24N6O. The molecule has 1 saturated heterocycles. The van der Waals surface area contributed by atoms with E-state index in [-0.39, 0.29) is 0 Å². The van der Waals surface area contributed by atoms with Gasteiger partial charge in [-0.3, -0.25) is 4.90 Å². The van der Waals surface area contributed by atoms with Gasteiger partial charge in [0.25, 0.3) is 0 Å². The highest BCUT2D eigenvalue weighted by Gasteiger charge is 2.23. The molecule has 1 atom stereocenters. The van der Waals surface area contributed by atoms with Crippen molar-refractivity contribution in [2.45, 2.75) is 25.3 Å². The Morgan fingerprint density at radius 3 is 2.75 bits per heavy atom. The number of nitrogens with one attached hydrogen (secondary N) is 1. The predicted octanol–water partition coefficient (Wildman–Crippen LogP) is 3.40. The first kappa shape index (κ1) is 18.3. The first-order valence-corrected chi connectivity index (χ1v) is 9.50. The third-order valence-electron chi connectivity index (χ3n) is 4.98. The second-order valence-electron chi connectivity index (χ2n) is 6.98. The zero-order chi connectivity index (χ0) is 19.2. The molecule has 0 unspecified atom stereocenters. The van der Waals surface area contributed by atoms with Crippen LogP contribution in [-0.2, 0) is 6.54 Å². The number of hydrogen-bond acceptors (Lipinski definition) is 7. The highest BCUT2D eigenvalue weighted by atomic mass is 16.5. The molecule has 144 valence electrons. The lowest BCUT2D eigenvalue weighted by molar-refractivity contribution is 0.198. The van der Waals surface area contributed by atoms with E-state index in [1.165, 1.54) is 18.3 Å². The maximum absolute atomic E-state index is 5.25. The molecule has 7 heteroatoms. The van der Waals surface area contributed by atoms with Crippen LogP contribution in [0.5, 0.6) is 5.75 Å². The normalized spacial score (nSPS) is 17.2. The lowest BCUT2D eigenvalue weighted by Gasteiger charge is -2.32. The maximum Gasteiger partial charge on any atom is 0.227 e. The van der Waals surface area contributed by atoms with Crippen LogP contribution in [-0.4, -0.2) is 45.0 Å². The van der Waals surface area contributed by atoms with Crippen molar-refractivity contribution in [2.75, 3.05) is 25.5 Å². The Hall–Kier alpha value is -3.06. The van der Waals surface area contributed by atoms with Crippen LogP contribution >= 0.6 is 0 Å². The molecule has 3 aromatic rings. The van der Waals surface area contributed by atoms with E-state index >= 15 is 0 Å². The quantitative estimate of drug-likeness (QED) is 0.706. The number of rotatable bonds is 6. The number of ether oxygens (including phenoxy) is 1. The fraction of sp³-hybridized carbons (Fsp3) is 0.333. The summed E-state index contributed by atoms with van der Waals surface area (Å²) >= 11 is 0. The zero-order valence-corrected chi connectivity index (χ0v) is 16.0. The van der Waals surface area contributed by atoms with Gasteiger partial charge in [-0.25, -0.2) is 19.9 Å². The Morgan fingerprint density at radius 2 is 1.96 bits per heavy atom. The summed E-state index contributed by atoms with van der Waals surface area (Å²) in [5.41, 5.74) is 3.16. The molecular weight excluding hydrogens is 352 g/mol. The number of likely N-dealkylation sites (tertiary alicyclic amines) is 1. The van der Waals surface area contributed by atoms with Gasteiger partial charge in [-0.2, -0.15) is 0 Å². The molecule has 0 bridgehead atoms. The monoisotopic (exact) mass is 376 g/mol. The molecule has 1 N–H and O–H groups in total. The molecule has 0 spiro atoms. The third-order valence-corrected chi connectivity index (χ3v) is 4.98. The van der Waals surface area contributed by atoms with Gasteiger partial charge in [0.05, 0.1) is 30.9 Å². The number of nitrogens with zero attached hydrogens (tertiary/aromatic N) is 5. The number of anilines is 2. The standard InChI is InChI=1S/C21H24N6O/c1-28-19-6-4-16(5-7-19)13-27-10-2-3-17(14-27)20-8-9-24-21(26-20)25-18-11-22-15-23-12-18/h4-9,11-12,15,17H,2-3,10,13-14H2,1H3,(H,24,25,26)/t17-/m0/s1. The number of aromatic nitrogens is 4. The predicted molar refractivity (Wildman–Crippen MR) is 108 cm³/mol. The smallest absolute Gasteiger partial charge is 0.227 e. The Kier molecular flexibility index (Phi) is 5.72. The van der Waals surface area contributed by atoms with Crippen LogP contribution < -0.4 is 10.1 Å². The molecule has 0 aliphatic carbocycles. The Bertz CT molecular complexity index is 887. The van der Waals surface area contributed by atoms with Gasteiger partial charge >= 0.3 is 0 Å². The summed E-state index contributed by atoms with van der Waals surface area (Å²) in [5.74, 6) is 1.88. The van der Waals surface area contributed by atoms with E-state index in [0.717, 1.165) is 43.2 Å². The third kappa shape index (κ3) is 4.61. The van der Waals surface area contributed by atoms with Gasteiger partial charge in [-0.15, -0.1) is 0 Å². The van der Waals surface area contributed by atoms with E-state index in [4.69, 9.17) is 9.72 Å². The van der Waals surface area contributed by atoms with Crippen molar-refractivity contribution < 1.29 is 4.74 Å².